The average Bonchev–Trinajstić information content (AvgIpc) is 3.03. The monoisotopic (exact) mass is 451 g/mol. The number of anilines is 1. The third-order valence-electron chi connectivity index (χ3n) is 3.66. The smallest absolute Gasteiger partial charge is 0.234 e. The highest BCUT2D eigenvalue weighted by Gasteiger charge is 2.15. The highest BCUT2D eigenvalue weighted by atomic mass is 35.5. The summed E-state index contributed by atoms with van der Waals surface area (Å²) in [5.41, 5.74) is 1.33. The summed E-state index contributed by atoms with van der Waals surface area (Å²) < 4.78 is 7.05. The van der Waals surface area contributed by atoms with E-state index in [1.54, 1.807) is 18.2 Å². The Morgan fingerprint density at radius 2 is 2.00 bits per heavy atom. The maximum Gasteiger partial charge on any atom is 0.234 e. The summed E-state index contributed by atoms with van der Waals surface area (Å²) in [7, 11) is 0. The van der Waals surface area contributed by atoms with E-state index in [0.717, 1.165) is 11.3 Å². The summed E-state index contributed by atoms with van der Waals surface area (Å²) in [4.78, 5) is 12.2. The van der Waals surface area contributed by atoms with E-state index in [1.165, 1.54) is 16.4 Å². The number of amides is 1. The zero-order chi connectivity index (χ0) is 21.0. The lowest BCUT2D eigenvalue weighted by Crippen LogP contribution is -2.16. The summed E-state index contributed by atoms with van der Waals surface area (Å²) in [6.45, 7) is 3.91. The first-order chi connectivity index (χ1) is 13.8. The van der Waals surface area contributed by atoms with Crippen LogP contribution in [0.15, 0.2) is 47.6 Å². The van der Waals surface area contributed by atoms with Gasteiger partial charge in [0.15, 0.2) is 5.82 Å². The van der Waals surface area contributed by atoms with Crippen LogP contribution in [0, 0.1) is 0 Å². The molecule has 0 radical (unpaired) electrons. The van der Waals surface area contributed by atoms with E-state index in [2.05, 4.69) is 15.5 Å². The van der Waals surface area contributed by atoms with Crippen molar-refractivity contribution < 1.29 is 9.53 Å². The molecule has 0 spiro atoms. The van der Waals surface area contributed by atoms with E-state index >= 15 is 0 Å². The first-order valence-electron chi connectivity index (χ1n) is 8.68. The second kappa shape index (κ2) is 9.39. The predicted octanol–water partition coefficient (Wildman–Crippen LogP) is 4.48. The van der Waals surface area contributed by atoms with Crippen molar-refractivity contribution in [2.45, 2.75) is 25.1 Å². The van der Waals surface area contributed by atoms with Gasteiger partial charge in [0.2, 0.25) is 11.1 Å². The minimum atomic E-state index is -0.231. The van der Waals surface area contributed by atoms with Gasteiger partial charge < -0.3 is 15.9 Å². The quantitative estimate of drug-likeness (QED) is 0.405. The van der Waals surface area contributed by atoms with E-state index in [0.29, 0.717) is 26.7 Å². The number of carbonyl (C=O) groups excluding carboxylic acids is 1. The molecule has 10 heteroatoms. The number of nitrogen functional groups attached to an aromatic ring is 1. The maximum absolute atomic E-state index is 12.2. The van der Waals surface area contributed by atoms with Crippen molar-refractivity contribution in [2.24, 2.45) is 0 Å². The number of ether oxygens (including phenoxy) is 1. The van der Waals surface area contributed by atoms with Crippen LogP contribution in [-0.2, 0) is 4.79 Å². The van der Waals surface area contributed by atoms with Crippen LogP contribution in [0.3, 0.4) is 0 Å². The molecule has 0 aliphatic rings. The third kappa shape index (κ3) is 5.56. The second-order valence-electron chi connectivity index (χ2n) is 6.34. The van der Waals surface area contributed by atoms with Gasteiger partial charge in [0.1, 0.15) is 5.75 Å². The Kier molecular flexibility index (Phi) is 6.89. The zero-order valence-corrected chi connectivity index (χ0v) is 18.1. The summed E-state index contributed by atoms with van der Waals surface area (Å²) in [6, 6.07) is 12.3. The normalized spacial score (nSPS) is 10.9. The van der Waals surface area contributed by atoms with Crippen molar-refractivity contribution in [1.82, 2.24) is 14.9 Å². The van der Waals surface area contributed by atoms with Crippen molar-refractivity contribution in [1.29, 1.82) is 0 Å². The summed E-state index contributed by atoms with van der Waals surface area (Å²) in [5, 5.41) is 12.2. The van der Waals surface area contributed by atoms with Gasteiger partial charge in [0.05, 0.1) is 21.9 Å². The number of benzene rings is 2. The highest BCUT2D eigenvalue weighted by Crippen LogP contribution is 2.27. The van der Waals surface area contributed by atoms with Crippen molar-refractivity contribution in [3.63, 3.8) is 0 Å². The first kappa shape index (κ1) is 21.3. The average molecular weight is 452 g/mol. The molecule has 0 fully saturated rings. The van der Waals surface area contributed by atoms with Crippen LogP contribution < -0.4 is 15.9 Å². The molecular weight excluding hydrogens is 433 g/mol. The highest BCUT2D eigenvalue weighted by molar-refractivity contribution is 7.99. The molecule has 3 aromatic rings. The van der Waals surface area contributed by atoms with Crippen LogP contribution in [-0.4, -0.2) is 32.6 Å². The molecule has 3 N–H and O–H groups in total. The van der Waals surface area contributed by atoms with Gasteiger partial charge in [-0.05, 0) is 44.2 Å². The molecule has 0 aliphatic heterocycles. The molecule has 0 unspecified atom stereocenters. The number of nitrogens with zero attached hydrogens (tertiary/aromatic N) is 3. The zero-order valence-electron chi connectivity index (χ0n) is 15.7. The van der Waals surface area contributed by atoms with Gasteiger partial charge in [-0.2, -0.15) is 0 Å². The molecule has 1 heterocycles. The van der Waals surface area contributed by atoms with Gasteiger partial charge in [-0.15, -0.1) is 10.2 Å². The minimum absolute atomic E-state index is 0.0566. The van der Waals surface area contributed by atoms with Gasteiger partial charge in [0.25, 0.3) is 0 Å². The molecule has 1 amide bonds. The summed E-state index contributed by atoms with van der Waals surface area (Å²) >= 11 is 13.0. The summed E-state index contributed by atoms with van der Waals surface area (Å²) in [6.07, 6.45) is 0.0566. The van der Waals surface area contributed by atoms with Gasteiger partial charge in [-0.1, -0.05) is 47.1 Å². The van der Waals surface area contributed by atoms with Crippen molar-refractivity contribution in [3.05, 3.63) is 52.5 Å². The number of hydrogen-bond donors (Lipinski definition) is 2. The number of thioether (sulfide) groups is 1. The van der Waals surface area contributed by atoms with Crippen molar-refractivity contribution in [2.75, 3.05) is 16.9 Å². The van der Waals surface area contributed by atoms with E-state index < -0.39 is 0 Å². The molecule has 152 valence electrons. The number of halogens is 2. The topological polar surface area (TPSA) is 95.1 Å². The lowest BCUT2D eigenvalue weighted by Gasteiger charge is -2.10. The van der Waals surface area contributed by atoms with Gasteiger partial charge in [-0.3, -0.25) is 4.79 Å². The van der Waals surface area contributed by atoms with E-state index in [1.807, 2.05) is 38.1 Å². The second-order valence-corrected chi connectivity index (χ2v) is 8.09. The third-order valence-corrected chi connectivity index (χ3v) is 5.35. The van der Waals surface area contributed by atoms with Crippen LogP contribution in [0.5, 0.6) is 5.75 Å². The number of nitrogens with one attached hydrogen (secondary N) is 1. The van der Waals surface area contributed by atoms with Gasteiger partial charge in [0, 0.05) is 11.3 Å². The molecule has 0 aliphatic carbocycles. The van der Waals surface area contributed by atoms with E-state index in [9.17, 15) is 4.79 Å². The first-order valence-corrected chi connectivity index (χ1v) is 10.4. The Morgan fingerprint density at radius 1 is 1.21 bits per heavy atom. The van der Waals surface area contributed by atoms with E-state index in [-0.39, 0.29) is 17.8 Å². The lowest BCUT2D eigenvalue weighted by molar-refractivity contribution is -0.113. The molecule has 0 bridgehead atoms. The van der Waals surface area contributed by atoms with Crippen molar-refractivity contribution >= 4 is 46.6 Å². The Morgan fingerprint density at radius 3 is 2.72 bits per heavy atom. The fourth-order valence-corrected chi connectivity index (χ4v) is 3.41. The molecule has 2 aromatic carbocycles. The number of rotatable bonds is 7. The lowest BCUT2D eigenvalue weighted by atomic mass is 10.2. The van der Waals surface area contributed by atoms with Crippen LogP contribution in [0.1, 0.15) is 13.8 Å². The molecule has 29 heavy (non-hydrogen) atoms. The summed E-state index contributed by atoms with van der Waals surface area (Å²) in [5.74, 6) is 7.20. The number of carbonyl (C=O) groups is 1. The SMILES string of the molecule is CC(C)Oc1cccc(-c2nnc(SCC(=O)Nc3ccc(Cl)c(Cl)c3)n2N)c1. The molecule has 0 saturated carbocycles. The minimum Gasteiger partial charge on any atom is -0.491 e. The number of nitrogens with two attached hydrogens (primary N) is 1. The van der Waals surface area contributed by atoms with Crippen LogP contribution in [0.2, 0.25) is 10.0 Å². The molecule has 3 rings (SSSR count). The Hall–Kier alpha value is -2.42. The fourth-order valence-electron chi connectivity index (χ4n) is 2.45. The fraction of sp³-hybridized carbons (Fsp3) is 0.211. The Labute approximate surface area is 182 Å². The molecular formula is C19H19Cl2N5O2S. The largest absolute Gasteiger partial charge is 0.491 e. The number of aromatic nitrogens is 3. The molecule has 1 aromatic heterocycles. The Balaban J connectivity index is 1.65. The molecule has 7 nitrogen and oxygen atoms in total. The van der Waals surface area contributed by atoms with E-state index in [4.69, 9.17) is 33.8 Å². The van der Waals surface area contributed by atoms with Gasteiger partial charge in [-0.25, -0.2) is 4.68 Å². The maximum atomic E-state index is 12.2. The van der Waals surface area contributed by atoms with Gasteiger partial charge >= 0.3 is 0 Å². The van der Waals surface area contributed by atoms with Crippen LogP contribution in [0.4, 0.5) is 5.69 Å². The van der Waals surface area contributed by atoms with Crippen molar-refractivity contribution in [3.8, 4) is 17.1 Å². The Bertz CT molecular complexity index is 1030. The van der Waals surface area contributed by atoms with Crippen LogP contribution >= 0.6 is 35.0 Å². The standard InChI is InChI=1S/C19H19Cl2N5O2S/c1-11(2)28-14-5-3-4-12(8-14)18-24-25-19(26(18)22)29-10-17(27)23-13-6-7-15(20)16(21)9-13/h3-9,11H,10,22H2,1-2H3,(H,23,27). The number of hydrogen-bond acceptors (Lipinski definition) is 6. The van der Waals surface area contributed by atoms with Crippen LogP contribution in [0.25, 0.3) is 11.4 Å². The predicted molar refractivity (Wildman–Crippen MR) is 117 cm³/mol. The molecule has 0 saturated heterocycles. The molecule has 0 atom stereocenters.